The van der Waals surface area contributed by atoms with Crippen LogP contribution in [0.5, 0.6) is 5.75 Å². The van der Waals surface area contributed by atoms with E-state index in [9.17, 15) is 4.79 Å². The maximum Gasteiger partial charge on any atom is 0.267 e. The number of benzene rings is 1. The highest BCUT2D eigenvalue weighted by molar-refractivity contribution is 6.00. The highest BCUT2D eigenvalue weighted by Crippen LogP contribution is 2.30. The van der Waals surface area contributed by atoms with Crippen LogP contribution in [0.1, 0.15) is 36.7 Å². The van der Waals surface area contributed by atoms with Gasteiger partial charge in [0.25, 0.3) is 5.91 Å². The van der Waals surface area contributed by atoms with E-state index in [0.717, 1.165) is 68.9 Å². The lowest BCUT2D eigenvalue weighted by Gasteiger charge is -2.26. The molecule has 1 N–H and O–H groups in total. The molecule has 3 heterocycles. The van der Waals surface area contributed by atoms with Gasteiger partial charge in [-0.05, 0) is 44.4 Å². The number of carbonyl (C=O) groups is 1. The maximum absolute atomic E-state index is 13.1. The number of rotatable bonds is 8. The van der Waals surface area contributed by atoms with Gasteiger partial charge in [0.05, 0.1) is 31.4 Å². The second-order valence-corrected chi connectivity index (χ2v) is 7.96. The molecule has 2 aliphatic heterocycles. The van der Waals surface area contributed by atoms with Crippen molar-refractivity contribution in [3.8, 4) is 5.75 Å². The summed E-state index contributed by atoms with van der Waals surface area (Å²) in [4.78, 5) is 15.5. The molecule has 1 unspecified atom stereocenters. The predicted octanol–water partition coefficient (Wildman–Crippen LogP) is 2.67. The molecular weight excluding hydrogens is 382 g/mol. The summed E-state index contributed by atoms with van der Waals surface area (Å²) in [5, 5.41) is 4.09. The summed E-state index contributed by atoms with van der Waals surface area (Å²) in [6.45, 7) is 8.90. The Kier molecular flexibility index (Phi) is 7.25. The van der Waals surface area contributed by atoms with Crippen LogP contribution < -0.4 is 10.1 Å². The Bertz CT molecular complexity index is 838. The molecular formula is C23H33N3O4. The van der Waals surface area contributed by atoms with Gasteiger partial charge < -0.3 is 24.1 Å². The number of amides is 1. The smallest absolute Gasteiger partial charge is 0.267 e. The summed E-state index contributed by atoms with van der Waals surface area (Å²) in [5.74, 6) is 0.776. The van der Waals surface area contributed by atoms with Gasteiger partial charge in [-0.15, -0.1) is 0 Å². The molecule has 0 bridgehead atoms. The maximum atomic E-state index is 13.1. The van der Waals surface area contributed by atoms with Crippen molar-refractivity contribution in [3.05, 3.63) is 30.0 Å². The largest absolute Gasteiger partial charge is 0.493 e. The molecule has 2 saturated heterocycles. The van der Waals surface area contributed by atoms with Crippen LogP contribution in [-0.2, 0) is 16.0 Å². The number of nitrogens with one attached hydrogen (secondary N) is 1. The molecule has 0 radical (unpaired) electrons. The lowest BCUT2D eigenvalue weighted by atomic mass is 10.1. The van der Waals surface area contributed by atoms with E-state index in [0.29, 0.717) is 25.4 Å². The lowest BCUT2D eigenvalue weighted by Crippen LogP contribution is -2.41. The molecule has 4 rings (SSSR count). The van der Waals surface area contributed by atoms with Crippen LogP contribution in [0, 0.1) is 0 Å². The average Bonchev–Trinajstić information content (AvgIpc) is 3.15. The lowest BCUT2D eigenvalue weighted by molar-refractivity contribution is 0.00636. The highest BCUT2D eigenvalue weighted by Gasteiger charge is 2.22. The first-order valence-corrected chi connectivity index (χ1v) is 11.2. The molecule has 164 valence electrons. The molecule has 1 aromatic carbocycles. The first-order valence-electron chi connectivity index (χ1n) is 11.2. The van der Waals surface area contributed by atoms with E-state index in [4.69, 9.17) is 14.2 Å². The zero-order valence-electron chi connectivity index (χ0n) is 17.9. The Morgan fingerprint density at radius 3 is 2.87 bits per heavy atom. The quantitative estimate of drug-likeness (QED) is 0.718. The molecule has 1 aromatic heterocycles. The third kappa shape index (κ3) is 4.96. The van der Waals surface area contributed by atoms with E-state index in [1.807, 2.05) is 25.1 Å². The van der Waals surface area contributed by atoms with E-state index >= 15 is 0 Å². The molecule has 2 fully saturated rings. The molecule has 0 saturated carbocycles. The molecule has 0 spiro atoms. The number of hydrogen-bond acceptors (Lipinski definition) is 5. The van der Waals surface area contributed by atoms with Crippen molar-refractivity contribution in [1.82, 2.24) is 14.8 Å². The predicted molar refractivity (Wildman–Crippen MR) is 116 cm³/mol. The Hall–Kier alpha value is -2.09. The van der Waals surface area contributed by atoms with Gasteiger partial charge in [-0.3, -0.25) is 9.69 Å². The number of morpholine rings is 1. The van der Waals surface area contributed by atoms with Crippen LogP contribution in [0.4, 0.5) is 0 Å². The van der Waals surface area contributed by atoms with Gasteiger partial charge in [-0.25, -0.2) is 0 Å². The van der Waals surface area contributed by atoms with Gasteiger partial charge in [0.15, 0.2) is 0 Å². The Morgan fingerprint density at radius 1 is 1.23 bits per heavy atom. The standard InChI is InChI=1S/C23H33N3O4/c1-2-29-22-8-5-7-20-19(22)16-21(26(20)17-18-6-3-4-13-30-18)23(27)24-9-10-25-11-14-28-15-12-25/h5,7-8,16,18H,2-4,6,9-15,17H2,1H3,(H,24,27). The third-order valence-corrected chi connectivity index (χ3v) is 5.92. The first-order chi connectivity index (χ1) is 14.8. The molecule has 1 atom stereocenters. The zero-order valence-corrected chi connectivity index (χ0v) is 17.9. The van der Waals surface area contributed by atoms with Crippen LogP contribution in [0.15, 0.2) is 24.3 Å². The number of hydrogen-bond donors (Lipinski definition) is 1. The van der Waals surface area contributed by atoms with Crippen LogP contribution >= 0.6 is 0 Å². The van der Waals surface area contributed by atoms with Crippen molar-refractivity contribution in [1.29, 1.82) is 0 Å². The van der Waals surface area contributed by atoms with Crippen molar-refractivity contribution >= 4 is 16.8 Å². The van der Waals surface area contributed by atoms with E-state index in [1.54, 1.807) is 0 Å². The molecule has 7 heteroatoms. The van der Waals surface area contributed by atoms with Crippen LogP contribution in [-0.4, -0.2) is 74.1 Å². The summed E-state index contributed by atoms with van der Waals surface area (Å²) in [5.41, 5.74) is 1.70. The van der Waals surface area contributed by atoms with Crippen LogP contribution in [0.3, 0.4) is 0 Å². The molecule has 1 amide bonds. The minimum absolute atomic E-state index is 0.0438. The fraction of sp³-hybridized carbons (Fsp3) is 0.609. The molecule has 30 heavy (non-hydrogen) atoms. The summed E-state index contributed by atoms with van der Waals surface area (Å²) in [6.07, 6.45) is 3.47. The van der Waals surface area contributed by atoms with Crippen LogP contribution in [0.2, 0.25) is 0 Å². The average molecular weight is 416 g/mol. The van der Waals surface area contributed by atoms with Gasteiger partial charge in [-0.2, -0.15) is 0 Å². The minimum Gasteiger partial charge on any atom is -0.493 e. The second-order valence-electron chi connectivity index (χ2n) is 7.96. The summed E-state index contributed by atoms with van der Waals surface area (Å²) < 4.78 is 19.3. The molecule has 7 nitrogen and oxygen atoms in total. The number of ether oxygens (including phenoxy) is 3. The molecule has 2 aliphatic rings. The number of aromatic nitrogens is 1. The molecule has 2 aromatic rings. The second kappa shape index (κ2) is 10.3. The Balaban J connectivity index is 1.53. The highest BCUT2D eigenvalue weighted by atomic mass is 16.5. The Morgan fingerprint density at radius 2 is 2.10 bits per heavy atom. The van der Waals surface area contributed by atoms with Gasteiger partial charge in [-0.1, -0.05) is 6.07 Å². The van der Waals surface area contributed by atoms with Gasteiger partial charge in [0.2, 0.25) is 0 Å². The fourth-order valence-corrected chi connectivity index (χ4v) is 4.32. The van der Waals surface area contributed by atoms with Crippen molar-refractivity contribution < 1.29 is 19.0 Å². The minimum atomic E-state index is -0.0438. The van der Waals surface area contributed by atoms with Crippen molar-refractivity contribution in [2.24, 2.45) is 0 Å². The third-order valence-electron chi connectivity index (χ3n) is 5.92. The van der Waals surface area contributed by atoms with E-state index < -0.39 is 0 Å². The zero-order chi connectivity index (χ0) is 20.8. The van der Waals surface area contributed by atoms with Crippen molar-refractivity contribution in [2.75, 3.05) is 52.6 Å². The topological polar surface area (TPSA) is 65.0 Å². The van der Waals surface area contributed by atoms with E-state index in [1.165, 1.54) is 6.42 Å². The monoisotopic (exact) mass is 415 g/mol. The normalized spacial score (nSPS) is 20.4. The Labute approximate surface area is 178 Å². The fourth-order valence-electron chi connectivity index (χ4n) is 4.32. The van der Waals surface area contributed by atoms with Gasteiger partial charge >= 0.3 is 0 Å². The SMILES string of the molecule is CCOc1cccc2c1cc(C(=O)NCCN1CCOCC1)n2CC1CCCCO1. The number of carbonyl (C=O) groups excluding carboxylic acids is 1. The van der Waals surface area contributed by atoms with Gasteiger partial charge in [0.1, 0.15) is 11.4 Å². The van der Waals surface area contributed by atoms with Gasteiger partial charge in [0, 0.05) is 44.7 Å². The van der Waals surface area contributed by atoms with Crippen molar-refractivity contribution in [3.63, 3.8) is 0 Å². The van der Waals surface area contributed by atoms with Crippen molar-refractivity contribution in [2.45, 2.75) is 38.8 Å². The number of nitrogens with zero attached hydrogens (tertiary/aromatic N) is 2. The van der Waals surface area contributed by atoms with Crippen LogP contribution in [0.25, 0.3) is 10.9 Å². The first kappa shape index (κ1) is 21.2. The van der Waals surface area contributed by atoms with E-state index in [-0.39, 0.29) is 12.0 Å². The summed E-state index contributed by atoms with van der Waals surface area (Å²) in [6, 6.07) is 7.98. The van der Waals surface area contributed by atoms with E-state index in [2.05, 4.69) is 20.9 Å². The summed E-state index contributed by atoms with van der Waals surface area (Å²) in [7, 11) is 0. The number of fused-ring (bicyclic) bond motifs is 1. The summed E-state index contributed by atoms with van der Waals surface area (Å²) >= 11 is 0. The molecule has 0 aliphatic carbocycles.